The number of anilines is 1. The monoisotopic (exact) mass is 365 g/mol. The number of aromatic nitrogens is 2. The van der Waals surface area contributed by atoms with E-state index in [4.69, 9.17) is 34.8 Å². The lowest BCUT2D eigenvalue weighted by Gasteiger charge is -2.13. The molecule has 0 aliphatic carbocycles. The van der Waals surface area contributed by atoms with E-state index in [-0.39, 0.29) is 21.0 Å². The van der Waals surface area contributed by atoms with Crippen LogP contribution in [0.15, 0.2) is 23.2 Å². The normalized spacial score (nSPS) is 11.5. The predicted molar refractivity (Wildman–Crippen MR) is 83.8 cm³/mol. The molecule has 21 heavy (non-hydrogen) atoms. The summed E-state index contributed by atoms with van der Waals surface area (Å²) in [7, 11) is -3.99. The van der Waals surface area contributed by atoms with Crippen molar-refractivity contribution in [1.29, 1.82) is 0 Å². The Morgan fingerprint density at radius 1 is 1.19 bits per heavy atom. The average Bonchev–Trinajstić information content (AvgIpc) is 2.35. The van der Waals surface area contributed by atoms with Crippen molar-refractivity contribution in [3.05, 3.63) is 44.7 Å². The van der Waals surface area contributed by atoms with Gasteiger partial charge in [-0.1, -0.05) is 34.8 Å². The maximum atomic E-state index is 12.5. The number of benzene rings is 1. The first kappa shape index (κ1) is 16.3. The fraction of sp³-hybridized carbons (Fsp3) is 0.167. The van der Waals surface area contributed by atoms with Crippen molar-refractivity contribution in [3.8, 4) is 0 Å². The van der Waals surface area contributed by atoms with Gasteiger partial charge >= 0.3 is 0 Å². The third kappa shape index (κ3) is 3.40. The lowest BCUT2D eigenvalue weighted by atomic mass is 10.2. The number of halogens is 3. The summed E-state index contributed by atoms with van der Waals surface area (Å²) < 4.78 is 27.2. The summed E-state index contributed by atoms with van der Waals surface area (Å²) in [5.74, 6) is -0.143. The smallest absolute Gasteiger partial charge is 0.247 e. The topological polar surface area (TPSA) is 72.0 Å². The van der Waals surface area contributed by atoms with Gasteiger partial charge in [0.1, 0.15) is 10.0 Å². The first-order valence-corrected chi connectivity index (χ1v) is 8.30. The number of sulfonamides is 1. The minimum atomic E-state index is -3.99. The van der Waals surface area contributed by atoms with Crippen LogP contribution >= 0.6 is 34.8 Å². The van der Waals surface area contributed by atoms with Crippen LogP contribution in [0.3, 0.4) is 0 Å². The Bertz CT molecular complexity index is 783. The largest absolute Gasteiger partial charge is 0.266 e. The fourth-order valence-corrected chi connectivity index (χ4v) is 3.99. The van der Waals surface area contributed by atoms with Crippen molar-refractivity contribution < 1.29 is 8.42 Å². The second-order valence-corrected chi connectivity index (χ2v) is 7.04. The molecule has 9 heteroatoms. The summed E-state index contributed by atoms with van der Waals surface area (Å²) in [5, 5.41) is 0.531. The zero-order valence-corrected chi connectivity index (χ0v) is 14.1. The molecule has 0 bridgehead atoms. The van der Waals surface area contributed by atoms with Gasteiger partial charge in [-0.2, -0.15) is 0 Å². The van der Waals surface area contributed by atoms with Crippen LogP contribution in [0.4, 0.5) is 5.95 Å². The van der Waals surface area contributed by atoms with Crippen molar-refractivity contribution in [1.82, 2.24) is 9.97 Å². The van der Waals surface area contributed by atoms with Gasteiger partial charge in [-0.25, -0.2) is 23.1 Å². The van der Waals surface area contributed by atoms with Gasteiger partial charge in [0.15, 0.2) is 0 Å². The molecule has 0 atom stereocenters. The first-order chi connectivity index (χ1) is 9.72. The Morgan fingerprint density at radius 3 is 2.48 bits per heavy atom. The second-order valence-electron chi connectivity index (χ2n) is 4.25. The Kier molecular flexibility index (Phi) is 4.63. The maximum Gasteiger partial charge on any atom is 0.266 e. The number of rotatable bonds is 3. The fourth-order valence-electron chi connectivity index (χ4n) is 1.69. The highest BCUT2D eigenvalue weighted by Gasteiger charge is 2.24. The lowest BCUT2D eigenvalue weighted by Crippen LogP contribution is -2.17. The van der Waals surface area contributed by atoms with E-state index in [0.717, 1.165) is 0 Å². The molecule has 1 heterocycles. The third-order valence-electron chi connectivity index (χ3n) is 2.70. The van der Waals surface area contributed by atoms with Crippen molar-refractivity contribution in [2.45, 2.75) is 18.7 Å². The van der Waals surface area contributed by atoms with Gasteiger partial charge in [0.05, 0.1) is 5.02 Å². The molecule has 5 nitrogen and oxygen atoms in total. The molecule has 0 saturated carbocycles. The quantitative estimate of drug-likeness (QED) is 0.837. The van der Waals surface area contributed by atoms with E-state index >= 15 is 0 Å². The van der Waals surface area contributed by atoms with Crippen molar-refractivity contribution in [2.75, 3.05) is 4.72 Å². The van der Waals surface area contributed by atoms with E-state index < -0.39 is 10.0 Å². The molecular weight excluding hydrogens is 357 g/mol. The SMILES string of the molecule is Cc1cc(Cl)c(C)c(S(=O)(=O)Nc2nccc(Cl)n2)c1Cl. The summed E-state index contributed by atoms with van der Waals surface area (Å²) in [6, 6.07) is 3.04. The Morgan fingerprint density at radius 2 is 1.86 bits per heavy atom. The van der Waals surface area contributed by atoms with Gasteiger partial charge in [0, 0.05) is 11.2 Å². The molecule has 112 valence electrons. The Labute approximate surface area is 137 Å². The van der Waals surface area contributed by atoms with Gasteiger partial charge in [0.25, 0.3) is 10.0 Å². The highest BCUT2D eigenvalue weighted by Crippen LogP contribution is 2.34. The molecule has 0 spiro atoms. The van der Waals surface area contributed by atoms with Gasteiger partial charge in [-0.3, -0.25) is 0 Å². The minimum Gasteiger partial charge on any atom is -0.247 e. The predicted octanol–water partition coefficient (Wildman–Crippen LogP) is 3.85. The second kappa shape index (κ2) is 5.96. The summed E-state index contributed by atoms with van der Waals surface area (Å²) in [4.78, 5) is 7.47. The van der Waals surface area contributed by atoms with Crippen LogP contribution in [0.1, 0.15) is 11.1 Å². The summed E-state index contributed by atoms with van der Waals surface area (Å²) >= 11 is 17.8. The van der Waals surface area contributed by atoms with Gasteiger partial charge < -0.3 is 0 Å². The Balaban J connectivity index is 2.55. The molecule has 2 aromatic rings. The van der Waals surface area contributed by atoms with Crippen LogP contribution in [0.5, 0.6) is 0 Å². The summed E-state index contributed by atoms with van der Waals surface area (Å²) in [5.41, 5.74) is 0.904. The average molecular weight is 367 g/mol. The number of hydrogen-bond acceptors (Lipinski definition) is 4. The zero-order chi connectivity index (χ0) is 15.8. The van der Waals surface area contributed by atoms with E-state index in [1.165, 1.54) is 12.3 Å². The molecule has 0 fully saturated rings. The molecule has 0 radical (unpaired) electrons. The molecule has 1 N–H and O–H groups in total. The van der Waals surface area contributed by atoms with Gasteiger partial charge in [0.2, 0.25) is 5.95 Å². The summed E-state index contributed by atoms with van der Waals surface area (Å²) in [6.07, 6.45) is 1.34. The first-order valence-electron chi connectivity index (χ1n) is 5.69. The molecule has 1 aromatic carbocycles. The third-order valence-corrected chi connectivity index (χ3v) is 5.40. The van der Waals surface area contributed by atoms with E-state index in [9.17, 15) is 8.42 Å². The molecule has 2 rings (SSSR count). The molecule has 0 amide bonds. The molecule has 0 unspecified atom stereocenters. The number of nitrogens with zero attached hydrogens (tertiary/aromatic N) is 2. The lowest BCUT2D eigenvalue weighted by molar-refractivity contribution is 0.600. The highest BCUT2D eigenvalue weighted by atomic mass is 35.5. The molecule has 0 aliphatic rings. The van der Waals surface area contributed by atoms with Crippen LogP contribution in [-0.4, -0.2) is 18.4 Å². The Hall–Kier alpha value is -1.08. The number of nitrogens with one attached hydrogen (secondary N) is 1. The van der Waals surface area contributed by atoms with Crippen molar-refractivity contribution >= 4 is 50.8 Å². The van der Waals surface area contributed by atoms with E-state index in [0.29, 0.717) is 16.1 Å². The maximum absolute atomic E-state index is 12.5. The molecular formula is C12H10Cl3N3O2S. The van der Waals surface area contributed by atoms with Crippen LogP contribution in [0.25, 0.3) is 0 Å². The van der Waals surface area contributed by atoms with Crippen molar-refractivity contribution in [3.63, 3.8) is 0 Å². The highest BCUT2D eigenvalue weighted by molar-refractivity contribution is 7.92. The molecule has 0 aliphatic heterocycles. The van der Waals surface area contributed by atoms with E-state index in [2.05, 4.69) is 14.7 Å². The van der Waals surface area contributed by atoms with E-state index in [1.54, 1.807) is 19.9 Å². The van der Waals surface area contributed by atoms with Gasteiger partial charge in [-0.05, 0) is 37.1 Å². The number of hydrogen-bond donors (Lipinski definition) is 1. The van der Waals surface area contributed by atoms with E-state index in [1.807, 2.05) is 0 Å². The standard InChI is InChI=1S/C12H10Cl3N3O2S/c1-6-5-8(13)7(2)11(10(6)15)21(19,20)18-12-16-4-3-9(14)17-12/h3-5H,1-2H3,(H,16,17,18). The van der Waals surface area contributed by atoms with Crippen LogP contribution in [0, 0.1) is 13.8 Å². The summed E-state index contributed by atoms with van der Waals surface area (Å²) in [6.45, 7) is 3.24. The zero-order valence-electron chi connectivity index (χ0n) is 11.0. The van der Waals surface area contributed by atoms with Crippen LogP contribution in [0.2, 0.25) is 15.2 Å². The molecule has 1 aromatic heterocycles. The van der Waals surface area contributed by atoms with Gasteiger partial charge in [-0.15, -0.1) is 0 Å². The van der Waals surface area contributed by atoms with Crippen molar-refractivity contribution in [2.24, 2.45) is 0 Å². The molecule has 0 saturated heterocycles. The minimum absolute atomic E-state index is 0.0993. The number of aryl methyl sites for hydroxylation is 1. The van der Waals surface area contributed by atoms with Crippen LogP contribution < -0.4 is 4.72 Å². The van der Waals surface area contributed by atoms with Crippen LogP contribution in [-0.2, 0) is 10.0 Å².